The standard InChI is InChI=1S/C7H6F4O2S/c8-5-3-1-2-4-6(5)14(12,13)7(9,10)11/h3-4H,1-2H2. The lowest BCUT2D eigenvalue weighted by Gasteiger charge is -2.12. The number of hydrogen-bond acceptors (Lipinski definition) is 2. The zero-order valence-electron chi connectivity index (χ0n) is 6.81. The van der Waals surface area contributed by atoms with E-state index in [1.54, 1.807) is 0 Å². The Morgan fingerprint density at radius 1 is 1.14 bits per heavy atom. The van der Waals surface area contributed by atoms with Crippen molar-refractivity contribution in [2.75, 3.05) is 0 Å². The summed E-state index contributed by atoms with van der Waals surface area (Å²) in [6, 6.07) is 0. The molecule has 0 aromatic carbocycles. The average Bonchev–Trinajstić information content (AvgIpc) is 2.02. The molecule has 0 amide bonds. The molecular formula is C7H6F4O2S. The Labute approximate surface area is 77.8 Å². The van der Waals surface area contributed by atoms with Gasteiger partial charge in [0.25, 0.3) is 9.84 Å². The van der Waals surface area contributed by atoms with Crippen molar-refractivity contribution in [2.24, 2.45) is 0 Å². The van der Waals surface area contributed by atoms with Crippen LogP contribution in [-0.4, -0.2) is 13.9 Å². The summed E-state index contributed by atoms with van der Waals surface area (Å²) in [5, 5.41) is 0. The number of alkyl halides is 3. The molecule has 1 aliphatic rings. The largest absolute Gasteiger partial charge is 0.502 e. The highest BCUT2D eigenvalue weighted by atomic mass is 32.2. The molecule has 0 saturated carbocycles. The Kier molecular flexibility index (Phi) is 2.71. The van der Waals surface area contributed by atoms with E-state index in [-0.39, 0.29) is 12.8 Å². The summed E-state index contributed by atoms with van der Waals surface area (Å²) in [5.74, 6) is -1.33. The summed E-state index contributed by atoms with van der Waals surface area (Å²) < 4.78 is 70.2. The summed E-state index contributed by atoms with van der Waals surface area (Å²) in [6.45, 7) is 0. The normalized spacial score (nSPS) is 18.9. The predicted octanol–water partition coefficient (Wildman–Crippen LogP) is 2.45. The first-order valence-electron chi connectivity index (χ1n) is 3.64. The summed E-state index contributed by atoms with van der Waals surface area (Å²) >= 11 is 0. The molecule has 0 heterocycles. The van der Waals surface area contributed by atoms with Gasteiger partial charge in [0.1, 0.15) is 10.7 Å². The fourth-order valence-electron chi connectivity index (χ4n) is 0.985. The van der Waals surface area contributed by atoms with E-state index < -0.39 is 26.1 Å². The van der Waals surface area contributed by atoms with Gasteiger partial charge in [-0.2, -0.15) is 13.2 Å². The molecule has 0 aromatic heterocycles. The number of hydrogen-bond donors (Lipinski definition) is 0. The van der Waals surface area contributed by atoms with E-state index in [0.29, 0.717) is 0 Å². The topological polar surface area (TPSA) is 34.1 Å². The maximum atomic E-state index is 12.8. The lowest BCUT2D eigenvalue weighted by molar-refractivity contribution is -0.0427. The van der Waals surface area contributed by atoms with E-state index in [1.807, 2.05) is 0 Å². The van der Waals surface area contributed by atoms with Crippen molar-refractivity contribution in [3.63, 3.8) is 0 Å². The summed E-state index contributed by atoms with van der Waals surface area (Å²) in [6.07, 6.45) is 1.89. The SMILES string of the molecule is O=S(=O)(C1=CCCC=C1F)C(F)(F)F. The van der Waals surface area contributed by atoms with Gasteiger partial charge in [0.15, 0.2) is 0 Å². The Morgan fingerprint density at radius 3 is 2.07 bits per heavy atom. The first-order chi connectivity index (χ1) is 6.27. The monoisotopic (exact) mass is 230 g/mol. The molecule has 2 nitrogen and oxygen atoms in total. The van der Waals surface area contributed by atoms with Crippen LogP contribution in [0.5, 0.6) is 0 Å². The minimum atomic E-state index is -5.53. The Bertz CT molecular complexity index is 388. The van der Waals surface area contributed by atoms with Crippen molar-refractivity contribution < 1.29 is 26.0 Å². The van der Waals surface area contributed by atoms with E-state index in [2.05, 4.69) is 0 Å². The van der Waals surface area contributed by atoms with Crippen molar-refractivity contribution >= 4 is 9.84 Å². The average molecular weight is 230 g/mol. The second-order valence-corrected chi connectivity index (χ2v) is 4.56. The highest BCUT2D eigenvalue weighted by molar-refractivity contribution is 7.96. The molecule has 0 fully saturated rings. The summed E-state index contributed by atoms with van der Waals surface area (Å²) in [5.41, 5.74) is -5.44. The van der Waals surface area contributed by atoms with Gasteiger partial charge in [-0.05, 0) is 18.9 Å². The van der Waals surface area contributed by atoms with Gasteiger partial charge >= 0.3 is 5.51 Å². The van der Waals surface area contributed by atoms with E-state index in [4.69, 9.17) is 0 Å². The van der Waals surface area contributed by atoms with Crippen LogP contribution in [0.25, 0.3) is 0 Å². The molecule has 0 saturated heterocycles. The fourth-order valence-corrected chi connectivity index (χ4v) is 1.91. The number of rotatable bonds is 1. The van der Waals surface area contributed by atoms with Crippen molar-refractivity contribution in [1.29, 1.82) is 0 Å². The van der Waals surface area contributed by atoms with Crippen LogP contribution < -0.4 is 0 Å². The molecular weight excluding hydrogens is 224 g/mol. The zero-order valence-corrected chi connectivity index (χ0v) is 7.62. The summed E-state index contributed by atoms with van der Waals surface area (Å²) in [7, 11) is -5.53. The Hall–Kier alpha value is -0.850. The van der Waals surface area contributed by atoms with Crippen molar-refractivity contribution in [3.05, 3.63) is 22.9 Å². The second kappa shape index (κ2) is 3.38. The van der Waals surface area contributed by atoms with Crippen LogP contribution >= 0.6 is 0 Å². The number of allylic oxidation sites excluding steroid dienone is 3. The van der Waals surface area contributed by atoms with Crippen molar-refractivity contribution in [3.8, 4) is 0 Å². The third-order valence-electron chi connectivity index (χ3n) is 1.65. The minimum Gasteiger partial charge on any atom is -0.214 e. The molecule has 14 heavy (non-hydrogen) atoms. The van der Waals surface area contributed by atoms with Gasteiger partial charge in [-0.25, -0.2) is 12.8 Å². The highest BCUT2D eigenvalue weighted by Crippen LogP contribution is 2.35. The van der Waals surface area contributed by atoms with Gasteiger partial charge in [0, 0.05) is 0 Å². The van der Waals surface area contributed by atoms with Crippen LogP contribution in [0, 0.1) is 0 Å². The molecule has 0 radical (unpaired) electrons. The van der Waals surface area contributed by atoms with Crippen LogP contribution in [0.15, 0.2) is 22.9 Å². The molecule has 0 atom stereocenters. The molecule has 7 heteroatoms. The molecule has 0 aliphatic heterocycles. The first-order valence-corrected chi connectivity index (χ1v) is 5.12. The van der Waals surface area contributed by atoms with Gasteiger partial charge < -0.3 is 0 Å². The third kappa shape index (κ3) is 1.82. The third-order valence-corrected chi connectivity index (χ3v) is 3.20. The lowest BCUT2D eigenvalue weighted by Crippen LogP contribution is -2.25. The molecule has 0 unspecified atom stereocenters. The summed E-state index contributed by atoms with van der Waals surface area (Å²) in [4.78, 5) is -1.27. The Morgan fingerprint density at radius 2 is 1.64 bits per heavy atom. The molecule has 0 aromatic rings. The van der Waals surface area contributed by atoms with E-state index >= 15 is 0 Å². The predicted molar refractivity (Wildman–Crippen MR) is 41.5 cm³/mol. The lowest BCUT2D eigenvalue weighted by atomic mass is 10.2. The van der Waals surface area contributed by atoms with E-state index in [9.17, 15) is 26.0 Å². The van der Waals surface area contributed by atoms with Crippen LogP contribution in [-0.2, 0) is 9.84 Å². The van der Waals surface area contributed by atoms with Gasteiger partial charge in [0.2, 0.25) is 0 Å². The van der Waals surface area contributed by atoms with E-state index in [1.165, 1.54) is 0 Å². The Balaban J connectivity index is 3.19. The van der Waals surface area contributed by atoms with Crippen LogP contribution in [0.2, 0.25) is 0 Å². The van der Waals surface area contributed by atoms with Gasteiger partial charge in [-0.15, -0.1) is 0 Å². The van der Waals surface area contributed by atoms with Crippen molar-refractivity contribution in [2.45, 2.75) is 18.3 Å². The maximum absolute atomic E-state index is 12.8. The van der Waals surface area contributed by atoms with Gasteiger partial charge in [0.05, 0.1) is 0 Å². The van der Waals surface area contributed by atoms with Crippen LogP contribution in [0.3, 0.4) is 0 Å². The van der Waals surface area contributed by atoms with Crippen LogP contribution in [0.4, 0.5) is 17.6 Å². The van der Waals surface area contributed by atoms with Crippen molar-refractivity contribution in [1.82, 2.24) is 0 Å². The van der Waals surface area contributed by atoms with Gasteiger partial charge in [-0.1, -0.05) is 6.08 Å². The van der Waals surface area contributed by atoms with Gasteiger partial charge in [-0.3, -0.25) is 0 Å². The quantitative estimate of drug-likeness (QED) is 0.648. The van der Waals surface area contributed by atoms with E-state index in [0.717, 1.165) is 12.2 Å². The molecule has 1 rings (SSSR count). The molecule has 0 bridgehead atoms. The molecule has 0 N–H and O–H groups in total. The molecule has 0 spiro atoms. The number of halogens is 4. The zero-order chi connectivity index (χ0) is 11.0. The van der Waals surface area contributed by atoms with Crippen LogP contribution in [0.1, 0.15) is 12.8 Å². The number of sulfone groups is 1. The fraction of sp³-hybridized carbons (Fsp3) is 0.429. The molecule has 1 aliphatic carbocycles. The highest BCUT2D eigenvalue weighted by Gasteiger charge is 2.49. The minimum absolute atomic E-state index is 0.0953. The smallest absolute Gasteiger partial charge is 0.214 e. The molecule has 80 valence electrons. The first kappa shape index (κ1) is 11.2. The maximum Gasteiger partial charge on any atom is 0.502 e. The second-order valence-electron chi connectivity index (χ2n) is 2.65.